The van der Waals surface area contributed by atoms with Gasteiger partial charge in [-0.25, -0.2) is 9.97 Å². The number of hydrogen-bond acceptors (Lipinski definition) is 4. The highest BCUT2D eigenvalue weighted by Gasteiger charge is 2.03. The highest BCUT2D eigenvalue weighted by atomic mass is 16.5. The molecule has 1 aromatic carbocycles. The number of ether oxygens (including phenoxy) is 1. The Morgan fingerprint density at radius 1 is 1.12 bits per heavy atom. The molecule has 1 aromatic heterocycles. The minimum Gasteiger partial charge on any atom is -0.497 e. The maximum atomic E-state index is 5.13. The summed E-state index contributed by atoms with van der Waals surface area (Å²) in [5.74, 6) is 2.42. The van der Waals surface area contributed by atoms with Crippen molar-refractivity contribution in [3.05, 3.63) is 36.2 Å². The molecule has 0 unspecified atom stereocenters. The molecule has 0 aliphatic rings. The van der Waals surface area contributed by atoms with E-state index in [9.17, 15) is 0 Å². The van der Waals surface area contributed by atoms with Crippen LogP contribution in [-0.4, -0.2) is 24.1 Å². The minimum absolute atomic E-state index is 0.752. The van der Waals surface area contributed by atoms with Crippen molar-refractivity contribution in [1.29, 1.82) is 0 Å². The number of nitrogens with one attached hydrogen (secondary N) is 1. The third-order valence-electron chi connectivity index (χ3n) is 2.48. The smallest absolute Gasteiger partial charge is 0.130 e. The number of aryl methyl sites for hydroxylation is 1. The molecule has 0 saturated heterocycles. The zero-order valence-electron chi connectivity index (χ0n) is 10.2. The van der Waals surface area contributed by atoms with Crippen LogP contribution in [0.15, 0.2) is 30.3 Å². The summed E-state index contributed by atoms with van der Waals surface area (Å²) < 4.78 is 5.13. The van der Waals surface area contributed by atoms with Crippen LogP contribution < -0.4 is 10.1 Å². The Morgan fingerprint density at radius 3 is 2.41 bits per heavy atom. The Morgan fingerprint density at radius 2 is 1.82 bits per heavy atom. The van der Waals surface area contributed by atoms with Crippen molar-refractivity contribution < 1.29 is 4.74 Å². The van der Waals surface area contributed by atoms with Crippen LogP contribution in [0.1, 0.15) is 5.82 Å². The van der Waals surface area contributed by atoms with E-state index in [1.54, 1.807) is 7.11 Å². The van der Waals surface area contributed by atoms with Crippen LogP contribution in [0.4, 0.5) is 5.82 Å². The third kappa shape index (κ3) is 2.53. The van der Waals surface area contributed by atoms with E-state index in [2.05, 4.69) is 15.3 Å². The van der Waals surface area contributed by atoms with E-state index >= 15 is 0 Å². The fourth-order valence-corrected chi connectivity index (χ4v) is 1.61. The van der Waals surface area contributed by atoms with Crippen molar-refractivity contribution in [3.8, 4) is 17.0 Å². The third-order valence-corrected chi connectivity index (χ3v) is 2.48. The van der Waals surface area contributed by atoms with Crippen LogP contribution in [0.5, 0.6) is 5.75 Å². The van der Waals surface area contributed by atoms with Gasteiger partial charge in [-0.1, -0.05) is 0 Å². The Kier molecular flexibility index (Phi) is 3.23. The molecule has 0 bridgehead atoms. The molecule has 0 amide bonds. The first-order valence-electron chi connectivity index (χ1n) is 5.41. The highest BCUT2D eigenvalue weighted by Crippen LogP contribution is 2.22. The second-order valence-electron chi connectivity index (χ2n) is 3.66. The van der Waals surface area contributed by atoms with Gasteiger partial charge in [-0.15, -0.1) is 0 Å². The van der Waals surface area contributed by atoms with E-state index in [1.165, 1.54) is 0 Å². The number of aromatic nitrogens is 2. The maximum absolute atomic E-state index is 5.13. The largest absolute Gasteiger partial charge is 0.497 e. The summed E-state index contributed by atoms with van der Waals surface area (Å²) in [5, 5.41) is 3.02. The van der Waals surface area contributed by atoms with Crippen molar-refractivity contribution in [2.24, 2.45) is 0 Å². The van der Waals surface area contributed by atoms with E-state index in [-0.39, 0.29) is 0 Å². The first-order valence-corrected chi connectivity index (χ1v) is 5.41. The average molecular weight is 229 g/mol. The molecular formula is C13H15N3O. The van der Waals surface area contributed by atoms with Gasteiger partial charge in [0.15, 0.2) is 0 Å². The molecule has 17 heavy (non-hydrogen) atoms. The van der Waals surface area contributed by atoms with Gasteiger partial charge in [0.05, 0.1) is 12.8 Å². The molecular weight excluding hydrogens is 214 g/mol. The standard InChI is InChI=1S/C13H15N3O/c1-9-15-12(8-13(14-2)16-9)10-4-6-11(17-3)7-5-10/h4-8H,1-3H3,(H,14,15,16). The van der Waals surface area contributed by atoms with Crippen LogP contribution in [-0.2, 0) is 0 Å². The highest BCUT2D eigenvalue weighted by molar-refractivity contribution is 5.63. The second-order valence-corrected chi connectivity index (χ2v) is 3.66. The lowest BCUT2D eigenvalue weighted by molar-refractivity contribution is 0.415. The van der Waals surface area contributed by atoms with E-state index in [0.717, 1.165) is 28.6 Å². The van der Waals surface area contributed by atoms with Crippen molar-refractivity contribution in [1.82, 2.24) is 9.97 Å². The molecule has 2 rings (SSSR count). The zero-order chi connectivity index (χ0) is 12.3. The molecule has 88 valence electrons. The van der Waals surface area contributed by atoms with Gasteiger partial charge in [-0.2, -0.15) is 0 Å². The lowest BCUT2D eigenvalue weighted by Gasteiger charge is -2.06. The van der Waals surface area contributed by atoms with E-state index in [0.29, 0.717) is 0 Å². The fourth-order valence-electron chi connectivity index (χ4n) is 1.61. The summed E-state index contributed by atoms with van der Waals surface area (Å²) in [6.07, 6.45) is 0. The number of methoxy groups -OCH3 is 1. The quantitative estimate of drug-likeness (QED) is 0.878. The van der Waals surface area contributed by atoms with Gasteiger partial charge in [-0.05, 0) is 31.2 Å². The fraction of sp³-hybridized carbons (Fsp3) is 0.231. The monoisotopic (exact) mass is 229 g/mol. The molecule has 0 aliphatic heterocycles. The lowest BCUT2D eigenvalue weighted by atomic mass is 10.1. The molecule has 4 nitrogen and oxygen atoms in total. The number of benzene rings is 1. The average Bonchev–Trinajstić information content (AvgIpc) is 2.38. The van der Waals surface area contributed by atoms with Crippen molar-refractivity contribution in [2.75, 3.05) is 19.5 Å². The molecule has 2 aromatic rings. The number of rotatable bonds is 3. The topological polar surface area (TPSA) is 47.0 Å². The summed E-state index contributed by atoms with van der Waals surface area (Å²) >= 11 is 0. The van der Waals surface area contributed by atoms with Gasteiger partial charge in [-0.3, -0.25) is 0 Å². The SMILES string of the molecule is CNc1cc(-c2ccc(OC)cc2)nc(C)n1. The number of anilines is 1. The first-order chi connectivity index (χ1) is 8.22. The Bertz CT molecular complexity index is 509. The summed E-state index contributed by atoms with van der Waals surface area (Å²) in [4.78, 5) is 8.68. The summed E-state index contributed by atoms with van der Waals surface area (Å²) in [6, 6.07) is 9.74. The predicted molar refractivity (Wildman–Crippen MR) is 68.3 cm³/mol. The van der Waals surface area contributed by atoms with Gasteiger partial charge in [0.1, 0.15) is 17.4 Å². The zero-order valence-corrected chi connectivity index (χ0v) is 10.2. The van der Waals surface area contributed by atoms with Crippen LogP contribution in [0, 0.1) is 6.92 Å². The van der Waals surface area contributed by atoms with Crippen molar-refractivity contribution in [2.45, 2.75) is 6.92 Å². The summed E-state index contributed by atoms with van der Waals surface area (Å²) in [6.45, 7) is 1.88. The van der Waals surface area contributed by atoms with E-state index < -0.39 is 0 Å². The predicted octanol–water partition coefficient (Wildman–Crippen LogP) is 2.50. The Labute approximate surface area is 101 Å². The molecule has 0 aliphatic carbocycles. The van der Waals surface area contributed by atoms with E-state index in [4.69, 9.17) is 4.74 Å². The minimum atomic E-state index is 0.752. The first kappa shape index (κ1) is 11.4. The van der Waals surface area contributed by atoms with Gasteiger partial charge in [0.25, 0.3) is 0 Å². The van der Waals surface area contributed by atoms with Crippen molar-refractivity contribution in [3.63, 3.8) is 0 Å². The summed E-state index contributed by atoms with van der Waals surface area (Å²) in [7, 11) is 3.50. The molecule has 1 heterocycles. The lowest BCUT2D eigenvalue weighted by Crippen LogP contribution is -1.98. The van der Waals surface area contributed by atoms with Gasteiger partial charge in [0, 0.05) is 18.7 Å². The molecule has 0 fully saturated rings. The van der Waals surface area contributed by atoms with Crippen LogP contribution in [0.2, 0.25) is 0 Å². The Balaban J connectivity index is 2.41. The summed E-state index contributed by atoms with van der Waals surface area (Å²) in [5.41, 5.74) is 1.96. The normalized spacial score (nSPS) is 10.1. The number of hydrogen-bond donors (Lipinski definition) is 1. The van der Waals surface area contributed by atoms with Crippen LogP contribution in [0.3, 0.4) is 0 Å². The van der Waals surface area contributed by atoms with Gasteiger partial charge < -0.3 is 10.1 Å². The van der Waals surface area contributed by atoms with Crippen molar-refractivity contribution >= 4 is 5.82 Å². The molecule has 4 heteroatoms. The second kappa shape index (κ2) is 4.82. The Hall–Kier alpha value is -2.10. The number of nitrogens with zero attached hydrogens (tertiary/aromatic N) is 2. The maximum Gasteiger partial charge on any atom is 0.130 e. The van der Waals surface area contributed by atoms with Crippen LogP contribution in [0.25, 0.3) is 11.3 Å². The molecule has 0 radical (unpaired) electrons. The van der Waals surface area contributed by atoms with Gasteiger partial charge >= 0.3 is 0 Å². The molecule has 0 spiro atoms. The van der Waals surface area contributed by atoms with Gasteiger partial charge in [0.2, 0.25) is 0 Å². The molecule has 0 atom stereocenters. The van der Waals surface area contributed by atoms with Crippen LogP contribution >= 0.6 is 0 Å². The van der Waals surface area contributed by atoms with E-state index in [1.807, 2.05) is 44.3 Å². The molecule has 1 N–H and O–H groups in total. The molecule has 0 saturated carbocycles.